The van der Waals surface area contributed by atoms with Crippen molar-refractivity contribution in [2.24, 2.45) is 0 Å². The number of hydrogen-bond acceptors (Lipinski definition) is 5. The number of methoxy groups -OCH3 is 2. The van der Waals surface area contributed by atoms with Crippen molar-refractivity contribution in [2.45, 2.75) is 24.9 Å². The minimum atomic E-state index is -0.883. The van der Waals surface area contributed by atoms with E-state index in [-0.39, 0.29) is 5.41 Å². The Labute approximate surface area is 299 Å². The van der Waals surface area contributed by atoms with Gasteiger partial charge in [0.1, 0.15) is 17.2 Å². The fourth-order valence-electron chi connectivity index (χ4n) is 8.46. The fraction of sp³-hybridized carbons (Fsp3) is 0.217. The van der Waals surface area contributed by atoms with Crippen LogP contribution in [0.4, 0.5) is 5.69 Å². The number of anilines is 1. The van der Waals surface area contributed by atoms with E-state index in [9.17, 15) is 0 Å². The molecular weight excluding hydrogens is 631 g/mol. The van der Waals surface area contributed by atoms with Gasteiger partial charge in [0, 0.05) is 46.3 Å². The topological polar surface area (TPSA) is 40.2 Å². The summed E-state index contributed by atoms with van der Waals surface area (Å²) in [6.45, 7) is 7.95. The summed E-state index contributed by atoms with van der Waals surface area (Å²) in [4.78, 5) is 2.44. The molecule has 9 rings (SSSR count). The molecule has 1 saturated heterocycles. The van der Waals surface area contributed by atoms with Gasteiger partial charge in [-0.1, -0.05) is 86.7 Å². The maximum Gasteiger partial charge on any atom is 0.178 e. The van der Waals surface area contributed by atoms with Crippen molar-refractivity contribution in [3.05, 3.63) is 149 Å². The second-order valence-corrected chi connectivity index (χ2v) is 14.2. The van der Waals surface area contributed by atoms with Gasteiger partial charge in [0.2, 0.25) is 0 Å². The Kier molecular flexibility index (Phi) is 7.44. The van der Waals surface area contributed by atoms with Gasteiger partial charge in [0.25, 0.3) is 0 Å². The molecule has 0 atom stereocenters. The molecule has 0 bridgehead atoms. The van der Waals surface area contributed by atoms with Crippen molar-refractivity contribution in [1.82, 2.24) is 0 Å². The largest absolute Gasteiger partial charge is 0.497 e. The molecule has 0 unspecified atom stereocenters. The highest BCUT2D eigenvalue weighted by atomic mass is 16.5. The Balaban J connectivity index is 1.30. The van der Waals surface area contributed by atoms with Crippen LogP contribution in [0, 0.1) is 0 Å². The lowest BCUT2D eigenvalue weighted by atomic mass is 9.76. The second-order valence-electron chi connectivity index (χ2n) is 14.2. The van der Waals surface area contributed by atoms with E-state index < -0.39 is 5.60 Å². The van der Waals surface area contributed by atoms with Crippen LogP contribution in [0.15, 0.2) is 121 Å². The number of morpholine rings is 1. The van der Waals surface area contributed by atoms with E-state index in [1.54, 1.807) is 14.2 Å². The van der Waals surface area contributed by atoms with E-state index in [1.165, 1.54) is 44.5 Å². The molecule has 2 heterocycles. The van der Waals surface area contributed by atoms with E-state index in [4.69, 9.17) is 18.9 Å². The molecular formula is C46H41NO4. The van der Waals surface area contributed by atoms with E-state index in [0.717, 1.165) is 65.6 Å². The number of benzene rings is 6. The molecule has 0 spiro atoms. The van der Waals surface area contributed by atoms with E-state index in [2.05, 4.69) is 122 Å². The van der Waals surface area contributed by atoms with Crippen LogP contribution in [0.1, 0.15) is 41.7 Å². The lowest BCUT2D eigenvalue weighted by Crippen LogP contribution is -2.36. The molecule has 0 aromatic heterocycles. The first-order valence-corrected chi connectivity index (χ1v) is 17.8. The molecule has 0 N–H and O–H groups in total. The third-order valence-electron chi connectivity index (χ3n) is 11.1. The standard InChI is InChI=1S/C46H41NO4/c1-45(2)41-28-31(30-8-6-5-7-9-30)10-20-38(41)42-40-29-34(47-24-26-50-27-25-47)15-21-37(40)44-39(43(42)45)22-23-46(51-44,32-11-16-35(48-3)17-12-32)33-13-18-36(49-4)19-14-33/h5-23,28-29H,24-27H2,1-4H3. The Bertz CT molecular complexity index is 2250. The lowest BCUT2D eigenvalue weighted by Gasteiger charge is -2.38. The predicted molar refractivity (Wildman–Crippen MR) is 206 cm³/mol. The molecule has 1 aliphatic carbocycles. The third kappa shape index (κ3) is 4.94. The highest BCUT2D eigenvalue weighted by Gasteiger charge is 2.44. The summed E-state index contributed by atoms with van der Waals surface area (Å²) < 4.78 is 24.4. The maximum absolute atomic E-state index is 7.55. The molecule has 1 fully saturated rings. The monoisotopic (exact) mass is 671 g/mol. The lowest BCUT2D eigenvalue weighted by molar-refractivity contribution is 0.122. The summed E-state index contributed by atoms with van der Waals surface area (Å²) in [6, 6.07) is 41.1. The van der Waals surface area contributed by atoms with Crippen LogP contribution in [-0.2, 0) is 15.8 Å². The molecule has 6 aromatic rings. The van der Waals surface area contributed by atoms with Crippen LogP contribution in [0.2, 0.25) is 0 Å². The molecule has 2 aliphatic heterocycles. The smallest absolute Gasteiger partial charge is 0.178 e. The number of fused-ring (bicyclic) bond motifs is 8. The zero-order chi connectivity index (χ0) is 34.7. The number of nitrogens with zero attached hydrogens (tertiary/aromatic N) is 1. The van der Waals surface area contributed by atoms with Gasteiger partial charge in [-0.15, -0.1) is 0 Å². The summed E-state index contributed by atoms with van der Waals surface area (Å²) in [7, 11) is 3.39. The summed E-state index contributed by atoms with van der Waals surface area (Å²) in [5, 5.41) is 2.31. The van der Waals surface area contributed by atoms with Gasteiger partial charge in [-0.3, -0.25) is 0 Å². The highest BCUT2D eigenvalue weighted by molar-refractivity contribution is 6.09. The van der Waals surface area contributed by atoms with E-state index in [1.807, 2.05) is 24.3 Å². The van der Waals surface area contributed by atoms with Gasteiger partial charge >= 0.3 is 0 Å². The van der Waals surface area contributed by atoms with E-state index in [0.29, 0.717) is 0 Å². The van der Waals surface area contributed by atoms with Crippen molar-refractivity contribution in [3.8, 4) is 39.5 Å². The van der Waals surface area contributed by atoms with Gasteiger partial charge in [-0.25, -0.2) is 0 Å². The fourth-order valence-corrected chi connectivity index (χ4v) is 8.46. The predicted octanol–water partition coefficient (Wildman–Crippen LogP) is 10.0. The van der Waals surface area contributed by atoms with Crippen LogP contribution in [0.3, 0.4) is 0 Å². The molecule has 0 radical (unpaired) electrons. The Morgan fingerprint density at radius 1 is 0.667 bits per heavy atom. The second kappa shape index (κ2) is 12.1. The molecule has 51 heavy (non-hydrogen) atoms. The van der Waals surface area contributed by atoms with Crippen LogP contribution in [0.25, 0.3) is 39.1 Å². The van der Waals surface area contributed by atoms with Crippen LogP contribution >= 0.6 is 0 Å². The van der Waals surface area contributed by atoms with Crippen LogP contribution in [0.5, 0.6) is 17.2 Å². The van der Waals surface area contributed by atoms with Crippen molar-refractivity contribution in [2.75, 3.05) is 45.4 Å². The number of ether oxygens (including phenoxy) is 4. The van der Waals surface area contributed by atoms with Gasteiger partial charge in [-0.2, -0.15) is 0 Å². The van der Waals surface area contributed by atoms with Gasteiger partial charge < -0.3 is 23.8 Å². The first-order valence-electron chi connectivity index (χ1n) is 17.8. The zero-order valence-electron chi connectivity index (χ0n) is 29.5. The molecule has 5 heteroatoms. The first-order chi connectivity index (χ1) is 24.9. The van der Waals surface area contributed by atoms with Crippen molar-refractivity contribution in [1.29, 1.82) is 0 Å². The molecule has 5 nitrogen and oxygen atoms in total. The minimum absolute atomic E-state index is 0.281. The molecule has 0 amide bonds. The summed E-state index contributed by atoms with van der Waals surface area (Å²) in [5.74, 6) is 2.50. The van der Waals surface area contributed by atoms with Crippen LogP contribution < -0.4 is 19.1 Å². The SMILES string of the molecule is COc1ccc(C2(c3ccc(OC)cc3)C=Cc3c4c(c5cc(N6CCOCC6)ccc5c3O2)-c2ccc(-c3ccccc3)cc2C4(C)C)cc1. The molecule has 0 saturated carbocycles. The minimum Gasteiger partial charge on any atom is -0.497 e. The normalized spacial score (nSPS) is 16.6. The van der Waals surface area contributed by atoms with Crippen molar-refractivity contribution < 1.29 is 18.9 Å². The Morgan fingerprint density at radius 3 is 1.98 bits per heavy atom. The summed E-state index contributed by atoms with van der Waals surface area (Å²) >= 11 is 0. The average Bonchev–Trinajstić information content (AvgIpc) is 3.44. The Hall–Kier alpha value is -5.52. The number of rotatable bonds is 6. The van der Waals surface area contributed by atoms with Crippen molar-refractivity contribution >= 4 is 22.5 Å². The van der Waals surface area contributed by atoms with Crippen molar-refractivity contribution in [3.63, 3.8) is 0 Å². The molecule has 6 aromatic carbocycles. The van der Waals surface area contributed by atoms with E-state index >= 15 is 0 Å². The average molecular weight is 672 g/mol. The summed E-state index contributed by atoms with van der Waals surface area (Å²) in [5.41, 5.74) is 10.9. The van der Waals surface area contributed by atoms with Gasteiger partial charge in [0.05, 0.1) is 27.4 Å². The summed E-state index contributed by atoms with van der Waals surface area (Å²) in [6.07, 6.45) is 4.55. The highest BCUT2D eigenvalue weighted by Crippen LogP contribution is 2.59. The quantitative estimate of drug-likeness (QED) is 0.176. The maximum atomic E-state index is 7.55. The van der Waals surface area contributed by atoms with Crippen LogP contribution in [-0.4, -0.2) is 40.5 Å². The molecule has 254 valence electrons. The first kappa shape index (κ1) is 31.5. The third-order valence-corrected chi connectivity index (χ3v) is 11.1. The van der Waals surface area contributed by atoms with Gasteiger partial charge in [-0.05, 0) is 93.4 Å². The molecule has 3 aliphatic rings. The number of hydrogen-bond donors (Lipinski definition) is 0. The van der Waals surface area contributed by atoms with Gasteiger partial charge in [0.15, 0.2) is 5.60 Å². The Morgan fingerprint density at radius 2 is 1.33 bits per heavy atom. The zero-order valence-corrected chi connectivity index (χ0v) is 29.5.